The van der Waals surface area contributed by atoms with Crippen LogP contribution >= 0.6 is 0 Å². The van der Waals surface area contributed by atoms with Crippen molar-refractivity contribution in [3.63, 3.8) is 0 Å². The number of sulfonamides is 1. The first-order valence-electron chi connectivity index (χ1n) is 9.07. The molecule has 0 heterocycles. The Bertz CT molecular complexity index is 833. The average molecular weight is 390 g/mol. The number of anilines is 1. The molecule has 1 unspecified atom stereocenters. The van der Waals surface area contributed by atoms with Crippen molar-refractivity contribution in [2.45, 2.75) is 31.7 Å². The third-order valence-corrected chi connectivity index (χ3v) is 5.84. The Kier molecular flexibility index (Phi) is 7.38. The van der Waals surface area contributed by atoms with E-state index in [1.807, 2.05) is 0 Å². The van der Waals surface area contributed by atoms with E-state index in [1.54, 1.807) is 42.5 Å². The number of carbonyl (C=O) groups excluding carboxylic acids is 1. The van der Waals surface area contributed by atoms with Crippen LogP contribution in [0.1, 0.15) is 31.1 Å². The molecule has 0 spiro atoms. The molecule has 6 nitrogen and oxygen atoms in total. The fourth-order valence-electron chi connectivity index (χ4n) is 2.82. The molecule has 146 valence electrons. The van der Waals surface area contributed by atoms with Crippen LogP contribution in [-0.4, -0.2) is 44.9 Å². The lowest BCUT2D eigenvalue weighted by Gasteiger charge is -2.26. The van der Waals surface area contributed by atoms with Gasteiger partial charge >= 0.3 is 0 Å². The molecule has 27 heavy (non-hydrogen) atoms. The summed E-state index contributed by atoms with van der Waals surface area (Å²) in [6, 6.07) is 14.8. The zero-order valence-electron chi connectivity index (χ0n) is 16.0. The maximum absolute atomic E-state index is 12.3. The van der Waals surface area contributed by atoms with Crippen molar-refractivity contribution >= 4 is 21.6 Å². The van der Waals surface area contributed by atoms with Crippen molar-refractivity contribution in [1.29, 1.82) is 0 Å². The molecule has 0 fully saturated rings. The van der Waals surface area contributed by atoms with E-state index in [1.165, 1.54) is 12.1 Å². The minimum atomic E-state index is -3.64. The number of nitrogens with zero attached hydrogens (tertiary/aromatic N) is 1. The van der Waals surface area contributed by atoms with E-state index in [9.17, 15) is 13.2 Å². The predicted molar refractivity (Wildman–Crippen MR) is 108 cm³/mol. The van der Waals surface area contributed by atoms with Gasteiger partial charge in [-0.1, -0.05) is 32.0 Å². The molecule has 2 aromatic rings. The molecule has 1 amide bonds. The van der Waals surface area contributed by atoms with Gasteiger partial charge in [0.05, 0.1) is 4.90 Å². The number of hydrogen-bond donors (Lipinski definition) is 2. The summed E-state index contributed by atoms with van der Waals surface area (Å²) in [7, 11) is -3.64. The molecule has 0 saturated heterocycles. The zero-order valence-corrected chi connectivity index (χ0v) is 16.8. The maximum atomic E-state index is 12.3. The summed E-state index contributed by atoms with van der Waals surface area (Å²) < 4.78 is 27.2. The molecular formula is C20H27N3O3S. The third kappa shape index (κ3) is 5.80. The lowest BCUT2D eigenvalue weighted by atomic mass is 10.2. The summed E-state index contributed by atoms with van der Waals surface area (Å²) in [5.74, 6) is -0.175. The Labute approximate surface area is 161 Å². The number of likely N-dealkylation sites (N-methyl/N-ethyl adjacent to an activating group) is 1. The molecule has 0 bridgehead atoms. The van der Waals surface area contributed by atoms with Gasteiger partial charge in [-0.25, -0.2) is 8.42 Å². The molecule has 2 N–H and O–H groups in total. The van der Waals surface area contributed by atoms with E-state index < -0.39 is 10.0 Å². The molecule has 0 aliphatic rings. The second-order valence-electron chi connectivity index (χ2n) is 6.28. The number of amides is 1. The minimum Gasteiger partial charge on any atom is -0.350 e. The molecular weight excluding hydrogens is 362 g/mol. The van der Waals surface area contributed by atoms with Crippen LogP contribution in [-0.2, 0) is 10.0 Å². The highest BCUT2D eigenvalue weighted by Gasteiger charge is 2.15. The molecule has 0 aliphatic heterocycles. The number of carbonyl (C=O) groups is 1. The number of nitrogens with one attached hydrogen (secondary N) is 2. The van der Waals surface area contributed by atoms with E-state index in [-0.39, 0.29) is 16.8 Å². The predicted octanol–water partition coefficient (Wildman–Crippen LogP) is 2.95. The largest absolute Gasteiger partial charge is 0.350 e. The van der Waals surface area contributed by atoms with Crippen LogP contribution in [0.5, 0.6) is 0 Å². The fourth-order valence-corrected chi connectivity index (χ4v) is 3.90. The average Bonchev–Trinajstić information content (AvgIpc) is 2.68. The van der Waals surface area contributed by atoms with Crippen molar-refractivity contribution in [2.75, 3.05) is 24.4 Å². The van der Waals surface area contributed by atoms with E-state index in [0.717, 1.165) is 13.1 Å². The molecule has 7 heteroatoms. The lowest BCUT2D eigenvalue weighted by molar-refractivity contribution is 0.0938. The molecule has 2 rings (SSSR count). The number of hydrogen-bond acceptors (Lipinski definition) is 4. The van der Waals surface area contributed by atoms with Crippen LogP contribution in [0, 0.1) is 0 Å². The van der Waals surface area contributed by atoms with E-state index >= 15 is 0 Å². The quantitative estimate of drug-likeness (QED) is 0.691. The minimum absolute atomic E-state index is 0.175. The Morgan fingerprint density at radius 2 is 1.59 bits per heavy atom. The lowest BCUT2D eigenvalue weighted by Crippen LogP contribution is -2.42. The molecule has 0 aromatic heterocycles. The fraction of sp³-hybridized carbons (Fsp3) is 0.350. The number of benzene rings is 2. The molecule has 1 atom stereocenters. The Morgan fingerprint density at radius 3 is 2.15 bits per heavy atom. The Hall–Kier alpha value is -2.38. The van der Waals surface area contributed by atoms with Crippen molar-refractivity contribution in [3.05, 3.63) is 60.2 Å². The second kappa shape index (κ2) is 9.53. The Balaban J connectivity index is 1.97. The molecule has 0 saturated carbocycles. The van der Waals surface area contributed by atoms with Crippen molar-refractivity contribution in [1.82, 2.24) is 10.2 Å². The highest BCUT2D eigenvalue weighted by atomic mass is 32.2. The summed E-state index contributed by atoms with van der Waals surface area (Å²) in [4.78, 5) is 14.8. The zero-order chi connectivity index (χ0) is 19.9. The number of rotatable bonds is 9. The van der Waals surface area contributed by atoms with Gasteiger partial charge < -0.3 is 5.32 Å². The van der Waals surface area contributed by atoms with Gasteiger partial charge in [-0.3, -0.25) is 14.4 Å². The SMILES string of the molecule is CCN(CC)C(C)CNC(=O)c1ccc(NS(=O)(=O)c2ccccc2)cc1. The van der Waals surface area contributed by atoms with Gasteiger partial charge in [-0.2, -0.15) is 0 Å². The Morgan fingerprint density at radius 1 is 1.00 bits per heavy atom. The van der Waals surface area contributed by atoms with Gasteiger partial charge in [-0.15, -0.1) is 0 Å². The molecule has 0 aliphatic carbocycles. The standard InChI is InChI=1S/C20H27N3O3S/c1-4-23(5-2)16(3)15-21-20(24)17-11-13-18(14-12-17)22-27(25,26)19-9-7-6-8-10-19/h6-14,16,22H,4-5,15H2,1-3H3,(H,21,24). The monoisotopic (exact) mass is 389 g/mol. The van der Waals surface area contributed by atoms with Gasteiger partial charge in [0.25, 0.3) is 15.9 Å². The first-order valence-corrected chi connectivity index (χ1v) is 10.6. The smallest absolute Gasteiger partial charge is 0.261 e. The van der Waals surface area contributed by atoms with Crippen LogP contribution in [0.25, 0.3) is 0 Å². The first kappa shape index (κ1) is 20.9. The van der Waals surface area contributed by atoms with Crippen LogP contribution in [0.3, 0.4) is 0 Å². The summed E-state index contributed by atoms with van der Waals surface area (Å²) in [6.07, 6.45) is 0. The van der Waals surface area contributed by atoms with Crippen molar-refractivity contribution in [3.8, 4) is 0 Å². The van der Waals surface area contributed by atoms with Crippen LogP contribution < -0.4 is 10.0 Å². The topological polar surface area (TPSA) is 78.5 Å². The highest BCUT2D eigenvalue weighted by molar-refractivity contribution is 7.92. The molecule has 0 radical (unpaired) electrons. The third-order valence-electron chi connectivity index (χ3n) is 4.45. The second-order valence-corrected chi connectivity index (χ2v) is 7.96. The summed E-state index contributed by atoms with van der Waals surface area (Å²) in [6.45, 7) is 8.69. The van der Waals surface area contributed by atoms with E-state index in [0.29, 0.717) is 17.8 Å². The van der Waals surface area contributed by atoms with Crippen LogP contribution in [0.4, 0.5) is 5.69 Å². The van der Waals surface area contributed by atoms with Gasteiger partial charge in [0.2, 0.25) is 0 Å². The van der Waals surface area contributed by atoms with E-state index in [4.69, 9.17) is 0 Å². The van der Waals surface area contributed by atoms with Gasteiger partial charge in [0, 0.05) is 23.8 Å². The first-order chi connectivity index (χ1) is 12.9. The van der Waals surface area contributed by atoms with Gasteiger partial charge in [-0.05, 0) is 56.4 Å². The molecule has 2 aromatic carbocycles. The summed E-state index contributed by atoms with van der Waals surface area (Å²) in [5.41, 5.74) is 0.899. The summed E-state index contributed by atoms with van der Waals surface area (Å²) in [5, 5.41) is 2.92. The maximum Gasteiger partial charge on any atom is 0.261 e. The van der Waals surface area contributed by atoms with Crippen LogP contribution in [0.15, 0.2) is 59.5 Å². The normalized spacial score (nSPS) is 12.6. The van der Waals surface area contributed by atoms with Gasteiger partial charge in [0.1, 0.15) is 0 Å². The van der Waals surface area contributed by atoms with E-state index in [2.05, 4.69) is 35.7 Å². The van der Waals surface area contributed by atoms with Gasteiger partial charge in [0.15, 0.2) is 0 Å². The summed E-state index contributed by atoms with van der Waals surface area (Å²) >= 11 is 0. The van der Waals surface area contributed by atoms with Crippen LogP contribution in [0.2, 0.25) is 0 Å². The van der Waals surface area contributed by atoms with Crippen molar-refractivity contribution in [2.24, 2.45) is 0 Å². The highest BCUT2D eigenvalue weighted by Crippen LogP contribution is 2.16. The van der Waals surface area contributed by atoms with Crippen molar-refractivity contribution < 1.29 is 13.2 Å².